The molecule has 1 unspecified atom stereocenters. The molecule has 0 amide bonds. The Hall–Kier alpha value is -0.690. The maximum atomic E-state index is 11.8. The van der Waals surface area contributed by atoms with Gasteiger partial charge in [-0.25, -0.2) is 13.1 Å². The predicted molar refractivity (Wildman–Crippen MR) is 58.4 cm³/mol. The zero-order valence-electron chi connectivity index (χ0n) is 9.44. The second-order valence-electron chi connectivity index (χ2n) is 3.89. The molecule has 0 bridgehead atoms. The third-order valence-electron chi connectivity index (χ3n) is 2.04. The molecule has 0 rings (SSSR count). The first-order valence-corrected chi connectivity index (χ1v) is 6.74. The van der Waals surface area contributed by atoms with Gasteiger partial charge in [0.05, 0.1) is 12.4 Å². The summed E-state index contributed by atoms with van der Waals surface area (Å²) in [6, 6.07) is -1.13. The minimum absolute atomic E-state index is 0.167. The van der Waals surface area contributed by atoms with Crippen molar-refractivity contribution in [3.63, 3.8) is 0 Å². The maximum absolute atomic E-state index is 11.8. The number of unbranched alkanes of at least 4 members (excludes halogenated alkanes) is 1. The van der Waals surface area contributed by atoms with Crippen LogP contribution in [0.1, 0.15) is 26.7 Å². The number of halogens is 1. The molecule has 0 aromatic carbocycles. The van der Waals surface area contributed by atoms with E-state index in [-0.39, 0.29) is 24.5 Å². The van der Waals surface area contributed by atoms with Crippen molar-refractivity contribution in [3.8, 4) is 0 Å². The molecule has 7 heteroatoms. The number of hydrogen-bond acceptors (Lipinski definition) is 3. The lowest BCUT2D eigenvalue weighted by atomic mass is 10.1. The van der Waals surface area contributed by atoms with Crippen molar-refractivity contribution in [1.82, 2.24) is 4.72 Å². The van der Waals surface area contributed by atoms with Crippen LogP contribution in [0.25, 0.3) is 0 Å². The van der Waals surface area contributed by atoms with Crippen LogP contribution in [0.3, 0.4) is 0 Å². The van der Waals surface area contributed by atoms with Gasteiger partial charge in [0.25, 0.3) is 0 Å². The molecule has 0 aromatic heterocycles. The molecule has 0 aromatic rings. The van der Waals surface area contributed by atoms with E-state index in [9.17, 15) is 17.6 Å². The summed E-state index contributed by atoms with van der Waals surface area (Å²) in [4.78, 5) is 10.8. The fourth-order valence-corrected chi connectivity index (χ4v) is 2.57. The maximum Gasteiger partial charge on any atom is 0.321 e. The minimum atomic E-state index is -3.64. The number of carboxylic acid groups (broad SMARTS) is 1. The van der Waals surface area contributed by atoms with Gasteiger partial charge in [0, 0.05) is 0 Å². The number of alkyl halides is 1. The van der Waals surface area contributed by atoms with E-state index in [1.54, 1.807) is 13.8 Å². The van der Waals surface area contributed by atoms with E-state index in [1.807, 2.05) is 0 Å². The Kier molecular flexibility index (Phi) is 6.51. The lowest BCUT2D eigenvalue weighted by Crippen LogP contribution is -2.45. The second-order valence-corrected chi connectivity index (χ2v) is 5.77. The van der Waals surface area contributed by atoms with Gasteiger partial charge in [-0.1, -0.05) is 13.8 Å². The van der Waals surface area contributed by atoms with Crippen LogP contribution in [0.2, 0.25) is 0 Å². The van der Waals surface area contributed by atoms with Gasteiger partial charge in [0.1, 0.15) is 6.04 Å². The molecule has 0 saturated carbocycles. The molecule has 96 valence electrons. The number of sulfonamides is 1. The average molecular weight is 255 g/mol. The van der Waals surface area contributed by atoms with Crippen LogP contribution < -0.4 is 4.72 Å². The number of carbonyl (C=O) groups is 1. The van der Waals surface area contributed by atoms with Crippen molar-refractivity contribution in [1.29, 1.82) is 0 Å². The molecule has 1 atom stereocenters. The number of aliphatic carboxylic acids is 1. The summed E-state index contributed by atoms with van der Waals surface area (Å²) < 4.78 is 36.7. The molecule has 0 saturated heterocycles. The predicted octanol–water partition coefficient (Wildman–Crippen LogP) is 0.765. The molecular formula is C9H18FNO4S. The van der Waals surface area contributed by atoms with Crippen molar-refractivity contribution in [2.75, 3.05) is 12.4 Å². The topological polar surface area (TPSA) is 83.5 Å². The normalized spacial score (nSPS) is 14.0. The highest BCUT2D eigenvalue weighted by Crippen LogP contribution is 2.05. The fraction of sp³-hybridized carbons (Fsp3) is 0.889. The highest BCUT2D eigenvalue weighted by molar-refractivity contribution is 7.89. The van der Waals surface area contributed by atoms with E-state index < -0.39 is 28.7 Å². The summed E-state index contributed by atoms with van der Waals surface area (Å²) in [5, 5.41) is 8.79. The SMILES string of the molecule is CC(C)C(NS(=O)(=O)CCCCF)C(=O)O. The Morgan fingerprint density at radius 3 is 2.31 bits per heavy atom. The van der Waals surface area contributed by atoms with E-state index in [2.05, 4.69) is 4.72 Å². The van der Waals surface area contributed by atoms with Crippen LogP contribution in [-0.4, -0.2) is 38.0 Å². The van der Waals surface area contributed by atoms with Gasteiger partial charge >= 0.3 is 5.97 Å². The molecular weight excluding hydrogens is 237 g/mol. The van der Waals surface area contributed by atoms with Gasteiger partial charge in [-0.3, -0.25) is 9.18 Å². The molecule has 0 fully saturated rings. The van der Waals surface area contributed by atoms with E-state index in [4.69, 9.17) is 5.11 Å². The molecule has 0 aliphatic rings. The van der Waals surface area contributed by atoms with E-state index in [0.29, 0.717) is 0 Å². The van der Waals surface area contributed by atoms with Gasteiger partial charge in [-0.05, 0) is 18.8 Å². The monoisotopic (exact) mass is 255 g/mol. The van der Waals surface area contributed by atoms with Crippen molar-refractivity contribution >= 4 is 16.0 Å². The molecule has 0 aliphatic carbocycles. The standard InChI is InChI=1S/C9H18FNO4S/c1-7(2)8(9(12)13)11-16(14,15)6-4-3-5-10/h7-8,11H,3-6H2,1-2H3,(H,12,13). The summed E-state index contributed by atoms with van der Waals surface area (Å²) in [5.41, 5.74) is 0. The fourth-order valence-electron chi connectivity index (χ4n) is 1.11. The van der Waals surface area contributed by atoms with Crippen LogP contribution in [0.5, 0.6) is 0 Å². The van der Waals surface area contributed by atoms with Crippen LogP contribution in [-0.2, 0) is 14.8 Å². The second kappa shape index (κ2) is 6.80. The van der Waals surface area contributed by atoms with E-state index in [0.717, 1.165) is 0 Å². The summed E-state index contributed by atoms with van der Waals surface area (Å²) >= 11 is 0. The van der Waals surface area contributed by atoms with Gasteiger partial charge in [-0.2, -0.15) is 0 Å². The molecule has 0 radical (unpaired) electrons. The third-order valence-corrected chi connectivity index (χ3v) is 3.48. The zero-order chi connectivity index (χ0) is 12.8. The highest BCUT2D eigenvalue weighted by Gasteiger charge is 2.26. The average Bonchev–Trinajstić information content (AvgIpc) is 2.13. The molecule has 0 spiro atoms. The number of carboxylic acids is 1. The summed E-state index contributed by atoms with van der Waals surface area (Å²) in [6.07, 6.45) is 0.358. The van der Waals surface area contributed by atoms with E-state index >= 15 is 0 Å². The molecule has 5 nitrogen and oxygen atoms in total. The van der Waals surface area contributed by atoms with Gasteiger partial charge < -0.3 is 5.11 Å². The van der Waals surface area contributed by atoms with Gasteiger partial charge in [0.15, 0.2) is 0 Å². The third kappa shape index (κ3) is 6.02. The van der Waals surface area contributed by atoms with Crippen LogP contribution in [0, 0.1) is 5.92 Å². The lowest BCUT2D eigenvalue weighted by Gasteiger charge is -2.17. The van der Waals surface area contributed by atoms with Crippen LogP contribution >= 0.6 is 0 Å². The lowest BCUT2D eigenvalue weighted by molar-refractivity contribution is -0.140. The first-order chi connectivity index (χ1) is 7.30. The Labute approximate surface area is 95.1 Å². The number of rotatable bonds is 8. The molecule has 2 N–H and O–H groups in total. The highest BCUT2D eigenvalue weighted by atomic mass is 32.2. The quantitative estimate of drug-likeness (QED) is 0.627. The van der Waals surface area contributed by atoms with Gasteiger partial charge in [-0.15, -0.1) is 0 Å². The minimum Gasteiger partial charge on any atom is -0.480 e. The van der Waals surface area contributed by atoms with E-state index in [1.165, 1.54) is 0 Å². The summed E-state index contributed by atoms with van der Waals surface area (Å²) in [6.45, 7) is 2.66. The number of nitrogens with one attached hydrogen (secondary N) is 1. The Morgan fingerprint density at radius 2 is 1.94 bits per heavy atom. The Morgan fingerprint density at radius 1 is 1.38 bits per heavy atom. The van der Waals surface area contributed by atoms with Crippen LogP contribution in [0.15, 0.2) is 0 Å². The van der Waals surface area contributed by atoms with Crippen molar-refractivity contribution in [3.05, 3.63) is 0 Å². The smallest absolute Gasteiger partial charge is 0.321 e. The Balaban J connectivity index is 4.37. The molecule has 16 heavy (non-hydrogen) atoms. The largest absolute Gasteiger partial charge is 0.480 e. The first kappa shape index (κ1) is 15.3. The first-order valence-electron chi connectivity index (χ1n) is 5.09. The number of hydrogen-bond donors (Lipinski definition) is 2. The summed E-state index contributed by atoms with van der Waals surface area (Å²) in [5.74, 6) is -1.79. The van der Waals surface area contributed by atoms with Crippen molar-refractivity contribution < 1.29 is 22.7 Å². The van der Waals surface area contributed by atoms with Crippen LogP contribution in [0.4, 0.5) is 4.39 Å². The zero-order valence-corrected chi connectivity index (χ0v) is 10.3. The van der Waals surface area contributed by atoms with Crippen molar-refractivity contribution in [2.45, 2.75) is 32.7 Å². The Bertz CT molecular complexity index is 315. The molecule has 0 heterocycles. The van der Waals surface area contributed by atoms with Crippen molar-refractivity contribution in [2.24, 2.45) is 5.92 Å². The summed E-state index contributed by atoms with van der Waals surface area (Å²) in [7, 11) is -3.64. The molecule has 0 aliphatic heterocycles. The van der Waals surface area contributed by atoms with Gasteiger partial charge in [0.2, 0.25) is 10.0 Å².